The average Bonchev–Trinajstić information content (AvgIpc) is 3.26. The standard InChI is InChI=1S/C22H23N5O3S/c1-29-21-24-12-14(13-25-21)20(28)27-8-6-22(7-9-27)15-11-18(31-17(15)5-10-30-22)16-3-2-4-19(23)26-16/h2-4,11-13H,5-10H2,1H3,(H2,23,26). The van der Waals surface area contributed by atoms with Gasteiger partial charge in [-0.2, -0.15) is 0 Å². The number of carbonyl (C=O) groups excluding carboxylic acids is 1. The lowest BCUT2D eigenvalue weighted by Gasteiger charge is -2.44. The Balaban J connectivity index is 1.35. The lowest BCUT2D eigenvalue weighted by Crippen LogP contribution is -2.48. The van der Waals surface area contributed by atoms with Crippen molar-refractivity contribution in [3.8, 4) is 16.6 Å². The van der Waals surface area contributed by atoms with Gasteiger partial charge < -0.3 is 20.1 Å². The van der Waals surface area contributed by atoms with Gasteiger partial charge in [0.15, 0.2) is 0 Å². The van der Waals surface area contributed by atoms with Crippen LogP contribution in [-0.2, 0) is 16.8 Å². The highest BCUT2D eigenvalue weighted by Crippen LogP contribution is 2.46. The molecule has 2 aliphatic rings. The fourth-order valence-corrected chi connectivity index (χ4v) is 5.53. The molecule has 1 fully saturated rings. The number of aromatic nitrogens is 3. The minimum Gasteiger partial charge on any atom is -0.467 e. The Morgan fingerprint density at radius 2 is 2.03 bits per heavy atom. The van der Waals surface area contributed by atoms with Gasteiger partial charge in [0.05, 0.1) is 35.5 Å². The molecule has 2 N–H and O–H groups in total. The molecule has 0 aromatic carbocycles. The molecule has 1 amide bonds. The highest BCUT2D eigenvalue weighted by atomic mass is 32.1. The highest BCUT2D eigenvalue weighted by Gasteiger charge is 2.43. The van der Waals surface area contributed by atoms with Crippen molar-refractivity contribution < 1.29 is 14.3 Å². The quantitative estimate of drug-likeness (QED) is 0.672. The number of methoxy groups -OCH3 is 1. The Hall–Kier alpha value is -3.04. The fraction of sp³-hybridized carbons (Fsp3) is 0.364. The topological polar surface area (TPSA) is 103 Å². The first kappa shape index (κ1) is 19.9. The van der Waals surface area contributed by atoms with Crippen LogP contribution >= 0.6 is 11.3 Å². The van der Waals surface area contributed by atoms with Crippen LogP contribution in [0.2, 0.25) is 0 Å². The molecule has 3 aromatic rings. The van der Waals surface area contributed by atoms with E-state index in [2.05, 4.69) is 21.0 Å². The molecule has 9 heteroatoms. The van der Waals surface area contributed by atoms with Crippen molar-refractivity contribution in [1.82, 2.24) is 19.9 Å². The van der Waals surface area contributed by atoms with Crippen LogP contribution < -0.4 is 10.5 Å². The first-order valence-corrected chi connectivity index (χ1v) is 11.0. The predicted molar refractivity (Wildman–Crippen MR) is 117 cm³/mol. The molecule has 0 atom stereocenters. The molecule has 3 aromatic heterocycles. The van der Waals surface area contributed by atoms with Gasteiger partial charge in [-0.3, -0.25) is 4.79 Å². The minimum absolute atomic E-state index is 0.0662. The number of fused-ring (bicyclic) bond motifs is 2. The summed E-state index contributed by atoms with van der Waals surface area (Å²) in [5.74, 6) is 0.452. The number of nitrogens with zero attached hydrogens (tertiary/aromatic N) is 4. The average molecular weight is 438 g/mol. The summed E-state index contributed by atoms with van der Waals surface area (Å²) in [5.41, 5.74) is 8.12. The Bertz CT molecular complexity index is 1110. The van der Waals surface area contributed by atoms with Gasteiger partial charge in [0.2, 0.25) is 0 Å². The van der Waals surface area contributed by atoms with E-state index in [9.17, 15) is 4.79 Å². The van der Waals surface area contributed by atoms with E-state index in [0.717, 1.165) is 29.8 Å². The van der Waals surface area contributed by atoms with Crippen molar-refractivity contribution in [2.24, 2.45) is 0 Å². The number of carbonyl (C=O) groups is 1. The van der Waals surface area contributed by atoms with Crippen molar-refractivity contribution in [3.05, 3.63) is 52.7 Å². The third kappa shape index (κ3) is 3.64. The van der Waals surface area contributed by atoms with Crippen LogP contribution in [0.25, 0.3) is 10.6 Å². The maximum absolute atomic E-state index is 12.9. The minimum atomic E-state index is -0.351. The molecule has 5 rings (SSSR count). The lowest BCUT2D eigenvalue weighted by atomic mass is 9.82. The third-order valence-electron chi connectivity index (χ3n) is 5.95. The largest absolute Gasteiger partial charge is 0.467 e. The second-order valence-electron chi connectivity index (χ2n) is 7.74. The van der Waals surface area contributed by atoms with Gasteiger partial charge in [-0.15, -0.1) is 11.3 Å². The smallest absolute Gasteiger partial charge is 0.316 e. The van der Waals surface area contributed by atoms with Crippen molar-refractivity contribution in [2.45, 2.75) is 24.9 Å². The van der Waals surface area contributed by atoms with Crippen molar-refractivity contribution in [1.29, 1.82) is 0 Å². The number of thiophene rings is 1. The van der Waals surface area contributed by atoms with E-state index in [1.54, 1.807) is 17.4 Å². The Morgan fingerprint density at radius 3 is 2.74 bits per heavy atom. The van der Waals surface area contributed by atoms with E-state index in [-0.39, 0.29) is 17.5 Å². The molecular formula is C22H23N5O3S. The van der Waals surface area contributed by atoms with Crippen LogP contribution in [0.3, 0.4) is 0 Å². The van der Waals surface area contributed by atoms with Crippen LogP contribution in [0.15, 0.2) is 36.7 Å². The molecule has 0 radical (unpaired) electrons. The van der Waals surface area contributed by atoms with E-state index in [1.807, 2.05) is 17.0 Å². The second kappa shape index (κ2) is 7.90. The normalized spacial score (nSPS) is 17.4. The van der Waals surface area contributed by atoms with E-state index in [4.69, 9.17) is 15.2 Å². The summed E-state index contributed by atoms with van der Waals surface area (Å²) < 4.78 is 11.3. The predicted octanol–water partition coefficient (Wildman–Crippen LogP) is 2.90. The highest BCUT2D eigenvalue weighted by molar-refractivity contribution is 7.15. The van der Waals surface area contributed by atoms with Gasteiger partial charge in [-0.25, -0.2) is 15.0 Å². The molecule has 0 aliphatic carbocycles. The summed E-state index contributed by atoms with van der Waals surface area (Å²) in [4.78, 5) is 29.7. The number of piperidine rings is 1. The summed E-state index contributed by atoms with van der Waals surface area (Å²) >= 11 is 1.77. The van der Waals surface area contributed by atoms with Gasteiger partial charge >= 0.3 is 6.01 Å². The number of likely N-dealkylation sites (tertiary alicyclic amines) is 1. The maximum Gasteiger partial charge on any atom is 0.316 e. The third-order valence-corrected chi connectivity index (χ3v) is 7.16. The van der Waals surface area contributed by atoms with E-state index in [1.165, 1.54) is 29.9 Å². The molecule has 1 spiro atoms. The van der Waals surface area contributed by atoms with E-state index < -0.39 is 0 Å². The number of amides is 1. The molecule has 5 heterocycles. The van der Waals surface area contributed by atoms with Gasteiger partial charge in [0.1, 0.15) is 5.82 Å². The summed E-state index contributed by atoms with van der Waals surface area (Å²) in [6, 6.07) is 8.16. The molecule has 0 bridgehead atoms. The lowest BCUT2D eigenvalue weighted by molar-refractivity contribution is -0.0926. The molecule has 160 valence electrons. The van der Waals surface area contributed by atoms with Gasteiger partial charge in [0, 0.05) is 36.8 Å². The molecule has 0 unspecified atom stereocenters. The molecule has 1 saturated heterocycles. The first-order chi connectivity index (χ1) is 15.1. The first-order valence-electron chi connectivity index (χ1n) is 10.2. The summed E-state index contributed by atoms with van der Waals surface area (Å²) in [6.07, 6.45) is 5.43. The van der Waals surface area contributed by atoms with Gasteiger partial charge in [-0.05, 0) is 36.6 Å². The summed E-state index contributed by atoms with van der Waals surface area (Å²) in [6.45, 7) is 1.93. The van der Waals surface area contributed by atoms with Crippen LogP contribution in [0.1, 0.15) is 33.6 Å². The van der Waals surface area contributed by atoms with E-state index >= 15 is 0 Å². The van der Waals surface area contributed by atoms with Crippen molar-refractivity contribution >= 4 is 23.1 Å². The number of nitrogen functional groups attached to an aromatic ring is 1. The van der Waals surface area contributed by atoms with Crippen molar-refractivity contribution in [2.75, 3.05) is 32.5 Å². The Kier molecular flexibility index (Phi) is 5.07. The number of rotatable bonds is 3. The van der Waals surface area contributed by atoms with Gasteiger partial charge in [0.25, 0.3) is 5.91 Å². The zero-order chi connectivity index (χ0) is 21.4. The fourth-order valence-electron chi connectivity index (χ4n) is 4.33. The number of hydrogen-bond donors (Lipinski definition) is 1. The zero-order valence-electron chi connectivity index (χ0n) is 17.2. The Labute approximate surface area is 184 Å². The zero-order valence-corrected chi connectivity index (χ0v) is 18.0. The maximum atomic E-state index is 12.9. The number of anilines is 1. The molecule has 8 nitrogen and oxygen atoms in total. The summed E-state index contributed by atoms with van der Waals surface area (Å²) in [5, 5.41) is 0. The second-order valence-corrected chi connectivity index (χ2v) is 8.88. The number of hydrogen-bond acceptors (Lipinski definition) is 8. The molecule has 0 saturated carbocycles. The molecular weight excluding hydrogens is 414 g/mol. The summed E-state index contributed by atoms with van der Waals surface area (Å²) in [7, 11) is 1.50. The number of pyridine rings is 1. The number of nitrogens with two attached hydrogens (primary N) is 1. The van der Waals surface area contributed by atoms with Crippen LogP contribution in [0.5, 0.6) is 6.01 Å². The van der Waals surface area contributed by atoms with E-state index in [0.29, 0.717) is 31.1 Å². The van der Waals surface area contributed by atoms with Crippen molar-refractivity contribution in [3.63, 3.8) is 0 Å². The van der Waals surface area contributed by atoms with Crippen LogP contribution in [0.4, 0.5) is 5.82 Å². The SMILES string of the molecule is COc1ncc(C(=O)N2CCC3(CC2)OCCc2sc(-c4cccc(N)n4)cc23)cn1. The Morgan fingerprint density at radius 1 is 1.26 bits per heavy atom. The molecule has 2 aliphatic heterocycles. The van der Waals surface area contributed by atoms with Crippen LogP contribution in [-0.4, -0.2) is 52.6 Å². The van der Waals surface area contributed by atoms with Gasteiger partial charge in [-0.1, -0.05) is 6.07 Å². The van der Waals surface area contributed by atoms with Crippen LogP contribution in [0, 0.1) is 0 Å². The number of ether oxygens (including phenoxy) is 2. The monoisotopic (exact) mass is 437 g/mol. The molecule has 31 heavy (non-hydrogen) atoms.